The molecule has 3 aromatic rings. The molecule has 0 saturated carbocycles. The number of hydrogen-bond donors (Lipinski definition) is 1. The van der Waals surface area contributed by atoms with Gasteiger partial charge in [-0.2, -0.15) is 0 Å². The van der Waals surface area contributed by atoms with Crippen molar-refractivity contribution in [1.29, 1.82) is 0 Å². The van der Waals surface area contributed by atoms with Gasteiger partial charge in [0, 0.05) is 18.4 Å². The first-order valence-electron chi connectivity index (χ1n) is 8.22. The number of carbonyl (C=O) groups is 2. The lowest BCUT2D eigenvalue weighted by Gasteiger charge is -1.99. The zero-order chi connectivity index (χ0) is 18.8. The van der Waals surface area contributed by atoms with E-state index in [0.29, 0.717) is 26.3 Å². The number of amides is 1. The van der Waals surface area contributed by atoms with E-state index in [9.17, 15) is 9.59 Å². The van der Waals surface area contributed by atoms with Crippen LogP contribution in [0.1, 0.15) is 56.7 Å². The Bertz CT molecular complexity index is 959. The summed E-state index contributed by atoms with van der Waals surface area (Å²) in [6.45, 7) is 7.43. The Labute approximate surface area is 160 Å². The summed E-state index contributed by atoms with van der Waals surface area (Å²) in [4.78, 5) is 34.7. The number of benzene rings is 1. The van der Waals surface area contributed by atoms with Crippen molar-refractivity contribution in [2.75, 3.05) is 5.32 Å². The topological polar surface area (TPSA) is 72.0 Å². The number of carbonyl (C=O) groups excluding carboxylic acids is 2. The lowest BCUT2D eigenvalue weighted by atomic mass is 10.1. The van der Waals surface area contributed by atoms with Crippen LogP contribution in [0, 0.1) is 6.92 Å². The van der Waals surface area contributed by atoms with E-state index in [4.69, 9.17) is 0 Å². The van der Waals surface area contributed by atoms with Crippen molar-refractivity contribution in [3.63, 3.8) is 0 Å². The lowest BCUT2D eigenvalue weighted by molar-refractivity contribution is 0.101. The van der Waals surface area contributed by atoms with E-state index in [1.165, 1.54) is 29.6 Å². The van der Waals surface area contributed by atoms with Crippen molar-refractivity contribution < 1.29 is 9.59 Å². The molecule has 1 N–H and O–H groups in total. The minimum absolute atomic E-state index is 0.0714. The summed E-state index contributed by atoms with van der Waals surface area (Å²) < 4.78 is 0. The number of aromatic nitrogens is 2. The Balaban J connectivity index is 1.91. The fourth-order valence-electron chi connectivity index (χ4n) is 2.43. The highest BCUT2D eigenvalue weighted by atomic mass is 32.1. The van der Waals surface area contributed by atoms with Crippen LogP contribution in [0.2, 0.25) is 0 Å². The molecule has 7 heteroatoms. The molecular weight excluding hydrogens is 366 g/mol. The molecule has 1 aromatic carbocycles. The third-order valence-electron chi connectivity index (χ3n) is 3.73. The molecule has 0 bridgehead atoms. The maximum atomic E-state index is 12.6. The summed E-state index contributed by atoms with van der Waals surface area (Å²) in [5, 5.41) is 4.17. The average Bonchev–Trinajstić information content (AvgIpc) is 3.19. The van der Waals surface area contributed by atoms with E-state index in [2.05, 4.69) is 15.3 Å². The first kappa shape index (κ1) is 18.4. The van der Waals surface area contributed by atoms with E-state index in [1.807, 2.05) is 51.1 Å². The number of anilines is 1. The molecule has 0 fully saturated rings. The minimum Gasteiger partial charge on any atom is -0.297 e. The number of nitrogens with one attached hydrogen (secondary N) is 1. The molecule has 0 radical (unpaired) electrons. The van der Waals surface area contributed by atoms with Gasteiger partial charge in [0.2, 0.25) is 0 Å². The van der Waals surface area contributed by atoms with Gasteiger partial charge in [0.25, 0.3) is 5.91 Å². The van der Waals surface area contributed by atoms with Crippen molar-refractivity contribution in [3.05, 3.63) is 50.8 Å². The van der Waals surface area contributed by atoms with E-state index >= 15 is 0 Å². The highest BCUT2D eigenvalue weighted by molar-refractivity contribution is 7.18. The molecule has 2 aromatic heterocycles. The van der Waals surface area contributed by atoms with E-state index in [1.54, 1.807) is 0 Å². The molecule has 5 nitrogen and oxygen atoms in total. The largest absolute Gasteiger partial charge is 0.297 e. The Morgan fingerprint density at radius 1 is 1.04 bits per heavy atom. The van der Waals surface area contributed by atoms with Gasteiger partial charge < -0.3 is 0 Å². The Kier molecular flexibility index (Phi) is 5.29. The van der Waals surface area contributed by atoms with Crippen LogP contribution in [0.25, 0.3) is 11.3 Å². The molecule has 2 heterocycles. The first-order chi connectivity index (χ1) is 12.4. The number of hydrogen-bond acceptors (Lipinski definition) is 6. The minimum atomic E-state index is -0.240. The van der Waals surface area contributed by atoms with Gasteiger partial charge in [0.05, 0.1) is 21.3 Å². The lowest BCUT2D eigenvalue weighted by Crippen LogP contribution is -2.11. The smallest absolute Gasteiger partial charge is 0.269 e. The molecule has 0 spiro atoms. The van der Waals surface area contributed by atoms with Crippen LogP contribution in [0.3, 0.4) is 0 Å². The number of nitrogens with zero attached hydrogens (tertiary/aromatic N) is 2. The van der Waals surface area contributed by atoms with Crippen LogP contribution >= 0.6 is 22.7 Å². The number of rotatable bonds is 5. The summed E-state index contributed by atoms with van der Waals surface area (Å²) in [6, 6.07) is 9.49. The van der Waals surface area contributed by atoms with Gasteiger partial charge >= 0.3 is 0 Å². The summed E-state index contributed by atoms with van der Waals surface area (Å²) in [5.74, 6) is -0.0395. The van der Waals surface area contributed by atoms with Gasteiger partial charge in [-0.05, 0) is 6.92 Å². The van der Waals surface area contributed by atoms with Crippen molar-refractivity contribution >= 4 is 39.5 Å². The average molecular weight is 386 g/mol. The maximum Gasteiger partial charge on any atom is 0.269 e. The summed E-state index contributed by atoms with van der Waals surface area (Å²) in [7, 11) is 0. The standard InChI is InChI=1S/C19H19N3O2S2/c1-10(2)18-20-11(3)15(25-18)17(24)22-19-21-14(16(26-19)12(4)23)13-8-6-5-7-9-13/h5-10H,1-4H3,(H,21,22,24). The van der Waals surface area contributed by atoms with Crippen LogP contribution in [0.4, 0.5) is 5.13 Å². The predicted molar refractivity (Wildman–Crippen MR) is 106 cm³/mol. The van der Waals surface area contributed by atoms with Gasteiger partial charge in [0.15, 0.2) is 10.9 Å². The molecule has 0 atom stereocenters. The summed E-state index contributed by atoms with van der Waals surface area (Å²) in [6.07, 6.45) is 0. The molecule has 134 valence electrons. The van der Waals surface area contributed by atoms with Crippen LogP contribution in [0.15, 0.2) is 30.3 Å². The highest BCUT2D eigenvalue weighted by Crippen LogP contribution is 2.32. The third-order valence-corrected chi connectivity index (χ3v) is 6.26. The molecular formula is C19H19N3O2S2. The maximum absolute atomic E-state index is 12.6. The first-order valence-corrected chi connectivity index (χ1v) is 9.86. The second-order valence-electron chi connectivity index (χ2n) is 6.19. The normalized spacial score (nSPS) is 11.0. The van der Waals surface area contributed by atoms with E-state index in [-0.39, 0.29) is 17.6 Å². The Hall–Kier alpha value is -2.38. The zero-order valence-electron chi connectivity index (χ0n) is 15.0. The van der Waals surface area contributed by atoms with Gasteiger partial charge in [0.1, 0.15) is 4.88 Å². The Morgan fingerprint density at radius 3 is 2.31 bits per heavy atom. The molecule has 0 unspecified atom stereocenters. The fourth-order valence-corrected chi connectivity index (χ4v) is 4.28. The fraction of sp³-hybridized carbons (Fsp3) is 0.263. The third kappa shape index (κ3) is 3.73. The number of aryl methyl sites for hydroxylation is 1. The summed E-state index contributed by atoms with van der Waals surface area (Å²) >= 11 is 2.59. The summed E-state index contributed by atoms with van der Waals surface area (Å²) in [5.41, 5.74) is 2.16. The second kappa shape index (κ2) is 7.47. The molecule has 1 amide bonds. The molecule has 0 saturated heterocycles. The van der Waals surface area contributed by atoms with Crippen LogP contribution in [-0.4, -0.2) is 21.7 Å². The monoisotopic (exact) mass is 385 g/mol. The quantitative estimate of drug-likeness (QED) is 0.616. The van der Waals surface area contributed by atoms with Gasteiger partial charge in [-0.3, -0.25) is 14.9 Å². The number of Topliss-reactive ketones (excluding diaryl/α,β-unsaturated/α-hetero) is 1. The molecule has 0 aliphatic carbocycles. The molecule has 3 rings (SSSR count). The van der Waals surface area contributed by atoms with Crippen LogP contribution in [-0.2, 0) is 0 Å². The predicted octanol–water partition coefficient (Wildman–Crippen LogP) is 5.15. The van der Waals surface area contributed by atoms with Crippen LogP contribution < -0.4 is 5.32 Å². The molecule has 0 aliphatic rings. The van der Waals surface area contributed by atoms with E-state index in [0.717, 1.165) is 10.6 Å². The number of ketones is 1. The van der Waals surface area contributed by atoms with Crippen molar-refractivity contribution in [1.82, 2.24) is 9.97 Å². The van der Waals surface area contributed by atoms with E-state index < -0.39 is 0 Å². The highest BCUT2D eigenvalue weighted by Gasteiger charge is 2.21. The van der Waals surface area contributed by atoms with Gasteiger partial charge in [-0.25, -0.2) is 9.97 Å². The SMILES string of the molecule is CC(=O)c1sc(NC(=O)c2sc(C(C)C)nc2C)nc1-c1ccccc1. The second-order valence-corrected chi connectivity index (χ2v) is 8.22. The van der Waals surface area contributed by atoms with Crippen molar-refractivity contribution in [3.8, 4) is 11.3 Å². The van der Waals surface area contributed by atoms with Gasteiger partial charge in [-0.1, -0.05) is 55.5 Å². The van der Waals surface area contributed by atoms with Crippen molar-refractivity contribution in [2.45, 2.75) is 33.6 Å². The Morgan fingerprint density at radius 2 is 1.73 bits per heavy atom. The number of thiazole rings is 2. The molecule has 0 aliphatic heterocycles. The zero-order valence-corrected chi connectivity index (χ0v) is 16.6. The molecule has 26 heavy (non-hydrogen) atoms. The van der Waals surface area contributed by atoms with Crippen LogP contribution in [0.5, 0.6) is 0 Å². The van der Waals surface area contributed by atoms with Gasteiger partial charge in [-0.15, -0.1) is 11.3 Å². The van der Waals surface area contributed by atoms with Crippen molar-refractivity contribution in [2.24, 2.45) is 0 Å².